The van der Waals surface area contributed by atoms with Gasteiger partial charge in [0.1, 0.15) is 0 Å². The third kappa shape index (κ3) is 4.34. The Kier molecular flexibility index (Phi) is 5.97. The van der Waals surface area contributed by atoms with Crippen molar-refractivity contribution in [3.05, 3.63) is 0 Å². The predicted octanol–water partition coefficient (Wildman–Crippen LogP) is -0.0294. The minimum Gasteiger partial charge on any atom is -0.356 e. The van der Waals surface area contributed by atoms with Crippen LogP contribution in [0, 0.1) is 5.92 Å². The highest BCUT2D eigenvalue weighted by molar-refractivity contribution is 5.80. The second kappa shape index (κ2) is 7.27. The van der Waals surface area contributed by atoms with E-state index in [2.05, 4.69) is 10.6 Å². The molecule has 5 nitrogen and oxygen atoms in total. The molecule has 1 rings (SSSR count). The summed E-state index contributed by atoms with van der Waals surface area (Å²) in [5.41, 5.74) is 0. The molecule has 0 unspecified atom stereocenters. The molecule has 2 N–H and O–H groups in total. The Hall–Kier alpha value is -1.10. The third-order valence-corrected chi connectivity index (χ3v) is 3.14. The van der Waals surface area contributed by atoms with Crippen LogP contribution in [0.4, 0.5) is 0 Å². The Morgan fingerprint density at radius 2 is 1.94 bits per heavy atom. The lowest BCUT2D eigenvalue weighted by Crippen LogP contribution is -2.50. The smallest absolute Gasteiger partial charge is 0.225 e. The number of nitrogens with one attached hydrogen (secondary N) is 2. The van der Waals surface area contributed by atoms with E-state index in [1.807, 2.05) is 18.7 Å². The van der Waals surface area contributed by atoms with E-state index < -0.39 is 0 Å². The number of hydrogen-bond donors (Lipinski definition) is 2. The molecule has 1 saturated heterocycles. The first-order valence-corrected chi connectivity index (χ1v) is 6.45. The van der Waals surface area contributed by atoms with Crippen LogP contribution in [0.5, 0.6) is 0 Å². The van der Waals surface area contributed by atoms with E-state index in [0.717, 1.165) is 32.6 Å². The number of nitrogens with zero attached hydrogens (tertiary/aromatic N) is 1. The molecule has 1 heterocycles. The summed E-state index contributed by atoms with van der Waals surface area (Å²) in [6, 6.07) is 0. The highest BCUT2D eigenvalue weighted by Gasteiger charge is 2.24. The third-order valence-electron chi connectivity index (χ3n) is 3.14. The van der Waals surface area contributed by atoms with Crippen molar-refractivity contribution in [1.82, 2.24) is 15.5 Å². The van der Waals surface area contributed by atoms with Gasteiger partial charge in [-0.3, -0.25) is 9.59 Å². The zero-order valence-corrected chi connectivity index (χ0v) is 10.8. The molecule has 5 heteroatoms. The second-order valence-corrected chi connectivity index (χ2v) is 4.32. The largest absolute Gasteiger partial charge is 0.356 e. The first-order valence-electron chi connectivity index (χ1n) is 6.45. The van der Waals surface area contributed by atoms with Gasteiger partial charge >= 0.3 is 0 Å². The molecule has 0 bridgehead atoms. The van der Waals surface area contributed by atoms with E-state index >= 15 is 0 Å². The molecule has 0 aromatic rings. The molecule has 1 aliphatic rings. The Labute approximate surface area is 103 Å². The fourth-order valence-corrected chi connectivity index (χ4v) is 1.80. The fraction of sp³-hybridized carbons (Fsp3) is 0.833. The zero-order valence-electron chi connectivity index (χ0n) is 10.8. The van der Waals surface area contributed by atoms with E-state index in [1.165, 1.54) is 0 Å². The predicted molar refractivity (Wildman–Crippen MR) is 66.5 cm³/mol. The van der Waals surface area contributed by atoms with Crippen LogP contribution in [0.2, 0.25) is 0 Å². The van der Waals surface area contributed by atoms with Crippen molar-refractivity contribution in [3.63, 3.8) is 0 Å². The van der Waals surface area contributed by atoms with Gasteiger partial charge < -0.3 is 15.5 Å². The van der Waals surface area contributed by atoms with Gasteiger partial charge in [0.15, 0.2) is 0 Å². The average Bonchev–Trinajstić information content (AvgIpc) is 2.23. The molecule has 0 saturated carbocycles. The van der Waals surface area contributed by atoms with Crippen molar-refractivity contribution in [1.29, 1.82) is 0 Å². The fourth-order valence-electron chi connectivity index (χ4n) is 1.80. The lowest BCUT2D eigenvalue weighted by molar-refractivity contribution is -0.131. The van der Waals surface area contributed by atoms with Crippen LogP contribution in [0.25, 0.3) is 0 Å². The first-order chi connectivity index (χ1) is 8.19. The molecule has 2 amide bonds. The maximum absolute atomic E-state index is 11.7. The van der Waals surface area contributed by atoms with Gasteiger partial charge in [-0.2, -0.15) is 0 Å². The normalized spacial score (nSPS) is 15.2. The molecule has 0 aliphatic carbocycles. The summed E-state index contributed by atoms with van der Waals surface area (Å²) in [5.74, 6) is 0.419. The van der Waals surface area contributed by atoms with Crippen LogP contribution >= 0.6 is 0 Å². The summed E-state index contributed by atoms with van der Waals surface area (Å²) in [7, 11) is 0. The molecule has 0 spiro atoms. The SMILES string of the molecule is CCN(CC)C(=O)CCCNC(=O)C1CNC1. The lowest BCUT2D eigenvalue weighted by atomic mass is 10.0. The molecule has 0 radical (unpaired) electrons. The Morgan fingerprint density at radius 3 is 2.41 bits per heavy atom. The maximum Gasteiger partial charge on any atom is 0.225 e. The van der Waals surface area contributed by atoms with Gasteiger partial charge in [0.2, 0.25) is 11.8 Å². The van der Waals surface area contributed by atoms with E-state index in [1.54, 1.807) is 0 Å². The molecular formula is C12H23N3O2. The average molecular weight is 241 g/mol. The minimum atomic E-state index is 0.110. The second-order valence-electron chi connectivity index (χ2n) is 4.32. The van der Waals surface area contributed by atoms with E-state index in [4.69, 9.17) is 0 Å². The van der Waals surface area contributed by atoms with Crippen LogP contribution in [0.1, 0.15) is 26.7 Å². The van der Waals surface area contributed by atoms with Gasteiger partial charge in [0, 0.05) is 39.1 Å². The molecular weight excluding hydrogens is 218 g/mol. The maximum atomic E-state index is 11.7. The van der Waals surface area contributed by atoms with E-state index in [-0.39, 0.29) is 17.7 Å². The summed E-state index contributed by atoms with van der Waals surface area (Å²) >= 11 is 0. The number of rotatable bonds is 7. The molecule has 17 heavy (non-hydrogen) atoms. The number of carbonyl (C=O) groups excluding carboxylic acids is 2. The van der Waals surface area contributed by atoms with Gasteiger partial charge in [0.25, 0.3) is 0 Å². The van der Waals surface area contributed by atoms with Gasteiger partial charge in [0.05, 0.1) is 5.92 Å². The summed E-state index contributed by atoms with van der Waals surface area (Å²) in [6.07, 6.45) is 1.24. The van der Waals surface area contributed by atoms with Gasteiger partial charge in [-0.25, -0.2) is 0 Å². The van der Waals surface area contributed by atoms with E-state index in [0.29, 0.717) is 13.0 Å². The standard InChI is InChI=1S/C12H23N3O2/c1-3-15(4-2)11(16)6-5-7-14-12(17)10-8-13-9-10/h10,13H,3-9H2,1-2H3,(H,14,17). The molecule has 1 fully saturated rings. The van der Waals surface area contributed by atoms with Crippen molar-refractivity contribution in [3.8, 4) is 0 Å². The van der Waals surface area contributed by atoms with Crippen molar-refractivity contribution in [2.75, 3.05) is 32.7 Å². The number of hydrogen-bond acceptors (Lipinski definition) is 3. The minimum absolute atomic E-state index is 0.110. The number of carbonyl (C=O) groups is 2. The van der Waals surface area contributed by atoms with Crippen molar-refractivity contribution in [2.45, 2.75) is 26.7 Å². The van der Waals surface area contributed by atoms with E-state index in [9.17, 15) is 9.59 Å². The van der Waals surface area contributed by atoms with Crippen LogP contribution < -0.4 is 10.6 Å². The monoisotopic (exact) mass is 241 g/mol. The first kappa shape index (κ1) is 14.0. The summed E-state index contributed by atoms with van der Waals surface area (Å²) in [6.45, 7) is 7.64. The molecule has 0 aromatic carbocycles. The van der Waals surface area contributed by atoms with Gasteiger partial charge in [-0.15, -0.1) is 0 Å². The van der Waals surface area contributed by atoms with Crippen LogP contribution in [-0.2, 0) is 9.59 Å². The van der Waals surface area contributed by atoms with Gasteiger partial charge in [-0.05, 0) is 20.3 Å². The Balaban J connectivity index is 2.06. The summed E-state index contributed by atoms with van der Waals surface area (Å²) in [4.78, 5) is 24.9. The van der Waals surface area contributed by atoms with Crippen molar-refractivity contribution in [2.24, 2.45) is 5.92 Å². The zero-order chi connectivity index (χ0) is 12.7. The Bertz CT molecular complexity index is 260. The van der Waals surface area contributed by atoms with Gasteiger partial charge in [-0.1, -0.05) is 0 Å². The summed E-state index contributed by atoms with van der Waals surface area (Å²) in [5, 5.41) is 5.92. The quantitative estimate of drug-likeness (QED) is 0.615. The summed E-state index contributed by atoms with van der Waals surface area (Å²) < 4.78 is 0. The highest BCUT2D eigenvalue weighted by Crippen LogP contribution is 2.02. The van der Waals surface area contributed by atoms with Crippen LogP contribution in [-0.4, -0.2) is 49.4 Å². The molecule has 0 aromatic heterocycles. The topological polar surface area (TPSA) is 61.4 Å². The van der Waals surface area contributed by atoms with Crippen molar-refractivity contribution < 1.29 is 9.59 Å². The highest BCUT2D eigenvalue weighted by atomic mass is 16.2. The lowest BCUT2D eigenvalue weighted by Gasteiger charge is -2.25. The molecule has 98 valence electrons. The van der Waals surface area contributed by atoms with Crippen molar-refractivity contribution >= 4 is 11.8 Å². The molecule has 0 atom stereocenters. The number of amides is 2. The van der Waals surface area contributed by atoms with Crippen LogP contribution in [0.15, 0.2) is 0 Å². The molecule has 1 aliphatic heterocycles. The Morgan fingerprint density at radius 1 is 1.29 bits per heavy atom. The van der Waals surface area contributed by atoms with Crippen LogP contribution in [0.3, 0.4) is 0 Å².